The van der Waals surface area contributed by atoms with Crippen LogP contribution in [0, 0.1) is 55.4 Å². The van der Waals surface area contributed by atoms with E-state index in [-0.39, 0.29) is 21.5 Å². The van der Waals surface area contributed by atoms with Gasteiger partial charge in [0.1, 0.15) is 34.5 Å². The van der Waals surface area contributed by atoms with Gasteiger partial charge in [-0.1, -0.05) is 265 Å². The predicted molar refractivity (Wildman–Crippen MR) is 566 cm³/mol. The molecule has 0 heterocycles. The second-order valence-electron chi connectivity index (χ2n) is 36.8. The molecule has 134 heavy (non-hydrogen) atoms. The smallest absolute Gasteiger partial charge is 0.138 e. The number of hydrogen-bond donors (Lipinski definition) is 6. The predicted octanol–water partition coefficient (Wildman–Crippen LogP) is 29.0. The Kier molecular flexibility index (Phi) is 29.0. The number of nitrogens with zero attached hydrogens (tertiary/aromatic N) is 6. The van der Waals surface area contributed by atoms with Crippen molar-refractivity contribution in [3.05, 3.63) is 365 Å². The monoisotopic (exact) mass is 1850 g/mol. The molecule has 682 valence electrons. The molecule has 0 fully saturated rings. The van der Waals surface area contributed by atoms with Crippen molar-refractivity contribution in [2.45, 2.75) is 94.7 Å². The maximum atomic E-state index is 12.1. The molecule has 18 aromatic rings. The number of phenolic OH excluding ortho intramolecular Hbond substituents is 6. The van der Waals surface area contributed by atoms with Crippen LogP contribution in [0.5, 0.6) is 34.5 Å². The first kappa shape index (κ1) is 94.9. The average molecular weight is 1860 g/mol. The lowest BCUT2D eigenvalue weighted by Gasteiger charge is -2.24. The highest BCUT2D eigenvalue weighted by Gasteiger charge is 2.26. The Balaban J connectivity index is 0.000000156. The van der Waals surface area contributed by atoms with E-state index in [0.29, 0.717) is 83.4 Å². The minimum absolute atomic E-state index is 0.0507. The topological polar surface area (TPSA) is 141 Å². The number of hydrogen-bond acceptors (Lipinski definition) is 12. The van der Waals surface area contributed by atoms with E-state index in [2.05, 4.69) is 322 Å². The molecule has 12 nitrogen and oxygen atoms in total. The van der Waals surface area contributed by atoms with Crippen LogP contribution in [0.25, 0.3) is 131 Å². The van der Waals surface area contributed by atoms with Gasteiger partial charge in [-0.15, -0.1) is 0 Å². The van der Waals surface area contributed by atoms with E-state index in [1.54, 1.807) is 12.1 Å². The first-order valence-electron chi connectivity index (χ1n) is 45.7. The maximum absolute atomic E-state index is 12.1. The van der Waals surface area contributed by atoms with Gasteiger partial charge in [0.05, 0.1) is 10.0 Å². The molecule has 0 aromatic heterocycles. The third-order valence-electron chi connectivity index (χ3n) is 26.8. The molecule has 0 aliphatic heterocycles. The minimum Gasteiger partial charge on any atom is -0.507 e. The summed E-state index contributed by atoms with van der Waals surface area (Å²) in [5.41, 5.74) is 22.6. The standard InChI is InChI=1S/C54H56N2O2.C46H40N2O2.C18H20Cl4N2O2/c1-31-17-21-35(5)47-43(31)27-44-32(2)18-22-36(6)48(44)51(47)41-15-11-13-39(53(41)57)29-55(9)25-26-56(10)30-40-14-12-16-42(54(40)58)52-49-37(7)23-19-33(3)45(49)28-46-34(4)20-24-38(8)50(46)52;1-47(29-35-17-11-23-41(45(35)49)43-37-19-7-3-13-31(37)27-32-14-4-8-20-38(32)43)25-26-48(2)30-36-18-12-24-42(46(36)50)44-39-21-9-5-15-33(39)28-34-16-6-10-22-40(34)44;1-23(9-11-5-13(19)7-15(21)17(11)25)3-4-24(2)10-12-6-14(20)8-16(22)18(12)26/h11-24,27-28,57-58H,25-26,29-30H2,1-10H3;3-24,27-28,49-50H,25-26,29-30H2,1-2H3;5-8,25-26H,3-4,9-10H2,1-2H3. The number of fused-ring (bicyclic) bond motifs is 8. The highest BCUT2D eigenvalue weighted by atomic mass is 35.5. The number of likely N-dealkylation sites (N-methyl/N-ethyl adjacent to an activating group) is 6. The first-order chi connectivity index (χ1) is 64.4. The van der Waals surface area contributed by atoms with E-state index in [1.165, 1.54) is 99.7 Å². The minimum atomic E-state index is 0.0507. The summed E-state index contributed by atoms with van der Waals surface area (Å²) in [6, 6.07) is 91.5. The summed E-state index contributed by atoms with van der Waals surface area (Å²) in [6.45, 7) is 25.5. The van der Waals surface area contributed by atoms with Crippen LogP contribution in [0.4, 0.5) is 0 Å². The van der Waals surface area contributed by atoms with Crippen LogP contribution in [0.15, 0.2) is 267 Å². The summed E-state index contributed by atoms with van der Waals surface area (Å²) in [4.78, 5) is 13.1. The molecular formula is C118H116Cl4N6O6. The zero-order valence-electron chi connectivity index (χ0n) is 78.8. The van der Waals surface area contributed by atoms with Crippen LogP contribution in [-0.4, -0.2) is 142 Å². The van der Waals surface area contributed by atoms with Gasteiger partial charge < -0.3 is 60.0 Å². The van der Waals surface area contributed by atoms with Crippen LogP contribution in [-0.2, 0) is 39.3 Å². The lowest BCUT2D eigenvalue weighted by atomic mass is 9.85. The number of rotatable bonds is 25. The molecule has 6 N–H and O–H groups in total. The van der Waals surface area contributed by atoms with Crippen molar-refractivity contribution in [3.8, 4) is 79.0 Å². The van der Waals surface area contributed by atoms with Crippen LogP contribution in [0.1, 0.15) is 77.9 Å². The molecule has 0 aliphatic rings. The summed E-state index contributed by atoms with van der Waals surface area (Å²) in [7, 11) is 12.3. The first-order valence-corrected chi connectivity index (χ1v) is 47.3. The summed E-state index contributed by atoms with van der Waals surface area (Å²) in [6.07, 6.45) is 0. The second-order valence-corrected chi connectivity index (χ2v) is 38.5. The van der Waals surface area contributed by atoms with E-state index in [9.17, 15) is 30.6 Å². The van der Waals surface area contributed by atoms with Crippen molar-refractivity contribution < 1.29 is 30.6 Å². The zero-order valence-corrected chi connectivity index (χ0v) is 81.8. The quantitative estimate of drug-likeness (QED) is 0.0304. The van der Waals surface area contributed by atoms with Crippen molar-refractivity contribution >= 4 is 133 Å². The van der Waals surface area contributed by atoms with Gasteiger partial charge >= 0.3 is 0 Å². The van der Waals surface area contributed by atoms with E-state index in [0.717, 1.165) is 149 Å². The molecule has 16 heteroatoms. The van der Waals surface area contributed by atoms with Crippen molar-refractivity contribution in [1.29, 1.82) is 0 Å². The highest BCUT2D eigenvalue weighted by molar-refractivity contribution is 6.36. The highest BCUT2D eigenvalue weighted by Crippen LogP contribution is 2.50. The third-order valence-corrected chi connectivity index (χ3v) is 27.8. The zero-order chi connectivity index (χ0) is 94.8. The average Bonchev–Trinajstić information content (AvgIpc) is 0.730. The van der Waals surface area contributed by atoms with E-state index < -0.39 is 0 Å². The Morgan fingerprint density at radius 2 is 0.418 bits per heavy atom. The van der Waals surface area contributed by atoms with E-state index in [1.807, 2.05) is 48.2 Å². The van der Waals surface area contributed by atoms with Gasteiger partial charge in [0.15, 0.2) is 0 Å². The largest absolute Gasteiger partial charge is 0.507 e. The fourth-order valence-corrected chi connectivity index (χ4v) is 20.6. The number of aromatic hydroxyl groups is 6. The lowest BCUT2D eigenvalue weighted by molar-refractivity contribution is 0.243. The Morgan fingerprint density at radius 1 is 0.201 bits per heavy atom. The van der Waals surface area contributed by atoms with Gasteiger partial charge in [-0.25, -0.2) is 0 Å². The van der Waals surface area contributed by atoms with Crippen LogP contribution >= 0.6 is 46.4 Å². The molecular weight excluding hydrogens is 1740 g/mol. The van der Waals surface area contributed by atoms with Crippen molar-refractivity contribution in [2.75, 3.05) is 81.6 Å². The molecule has 0 atom stereocenters. The lowest BCUT2D eigenvalue weighted by Crippen LogP contribution is -2.30. The van der Waals surface area contributed by atoms with E-state index in [4.69, 9.17) is 46.4 Å². The van der Waals surface area contributed by atoms with Crippen LogP contribution in [0.2, 0.25) is 20.1 Å². The molecule has 0 saturated heterocycles. The Hall–Kier alpha value is -12.2. The van der Waals surface area contributed by atoms with Crippen molar-refractivity contribution in [3.63, 3.8) is 0 Å². The van der Waals surface area contributed by atoms with Crippen molar-refractivity contribution in [1.82, 2.24) is 29.4 Å². The summed E-state index contributed by atoms with van der Waals surface area (Å²) in [5, 5.41) is 88.1. The fourth-order valence-electron chi connectivity index (χ4n) is 19.5. The molecule has 0 unspecified atom stereocenters. The van der Waals surface area contributed by atoms with Gasteiger partial charge in [0.25, 0.3) is 0 Å². The Bertz CT molecular complexity index is 6860. The van der Waals surface area contributed by atoms with Crippen molar-refractivity contribution in [2.24, 2.45) is 0 Å². The SMILES string of the molecule is CN(CCN(C)Cc1cc(Cl)cc(Cl)c1O)Cc1cc(Cl)cc(Cl)c1O.CN(CCN(C)Cc1cccc(-c2c3ccccc3cc3ccccc23)c1O)Cc1cccc(-c2c3ccccc3cc3ccccc23)c1O.Cc1ccc(C)c2c(-c3cccc(CN(C)CCN(C)Cc4cccc(-c5c6c(C)ccc(C)c6cc6c(C)ccc(C)c56)c4O)c3O)c3c(C)ccc(C)c3cc12. The molecule has 0 amide bonds. The van der Waals surface area contributed by atoms with E-state index >= 15 is 0 Å². The molecule has 18 aromatic carbocycles. The number of para-hydroxylation sites is 4. The van der Waals surface area contributed by atoms with Gasteiger partial charge in [-0.3, -0.25) is 0 Å². The van der Waals surface area contributed by atoms with Gasteiger partial charge in [-0.2, -0.15) is 0 Å². The Labute approximate surface area is 806 Å². The molecule has 0 bridgehead atoms. The summed E-state index contributed by atoms with van der Waals surface area (Å²) < 4.78 is 0. The molecule has 0 aliphatic carbocycles. The summed E-state index contributed by atoms with van der Waals surface area (Å²) >= 11 is 23.9. The number of halogens is 4. The molecule has 18 rings (SSSR count). The molecule has 0 saturated carbocycles. The number of phenols is 6. The molecule has 0 radical (unpaired) electrons. The maximum Gasteiger partial charge on any atom is 0.138 e. The third kappa shape index (κ3) is 20.0. The fraction of sp³-hybridized carbons (Fsp3) is 0.220. The second kappa shape index (κ2) is 40.9. The van der Waals surface area contributed by atoms with Gasteiger partial charge in [0.2, 0.25) is 0 Å². The Morgan fingerprint density at radius 3 is 0.664 bits per heavy atom. The van der Waals surface area contributed by atoms with Gasteiger partial charge in [0, 0.05) is 166 Å². The summed E-state index contributed by atoms with van der Waals surface area (Å²) in [5.74, 6) is 1.45. The number of benzene rings is 18. The van der Waals surface area contributed by atoms with Crippen LogP contribution in [0.3, 0.4) is 0 Å². The van der Waals surface area contributed by atoms with Gasteiger partial charge in [-0.05, 0) is 277 Å². The normalized spacial score (nSPS) is 11.9. The molecule has 0 spiro atoms. The number of aryl methyl sites for hydroxylation is 8. The van der Waals surface area contributed by atoms with Crippen LogP contribution < -0.4 is 0 Å².